The Hall–Kier alpha value is -1.60. The first-order valence-electron chi connectivity index (χ1n) is 6.52. The Bertz CT molecular complexity index is 536. The van der Waals surface area contributed by atoms with Gasteiger partial charge in [-0.2, -0.15) is 0 Å². The molecular formula is C14H16BrNO5. The minimum Gasteiger partial charge on any atom is -0.481 e. The minimum absolute atomic E-state index is 0.00464. The largest absolute Gasteiger partial charge is 0.481 e. The maximum absolute atomic E-state index is 12.4. The number of rotatable bonds is 4. The van der Waals surface area contributed by atoms with Crippen LogP contribution in [-0.2, 0) is 14.3 Å². The molecule has 2 atom stereocenters. The molecule has 1 aromatic rings. The van der Waals surface area contributed by atoms with Crippen LogP contribution in [0.3, 0.4) is 0 Å². The van der Waals surface area contributed by atoms with Crippen molar-refractivity contribution < 1.29 is 24.2 Å². The Kier molecular flexibility index (Phi) is 5.19. The standard InChI is InChI=1S/C14H16BrNO5/c1-9(21-11-4-2-3-10(15)7-11)13(17)16-5-6-20-8-12(16)14(18)19/h2-4,7,9,12H,5-6,8H2,1H3,(H,18,19). The number of morpholine rings is 1. The molecular weight excluding hydrogens is 342 g/mol. The summed E-state index contributed by atoms with van der Waals surface area (Å²) in [4.78, 5) is 24.8. The predicted molar refractivity (Wildman–Crippen MR) is 78.2 cm³/mol. The van der Waals surface area contributed by atoms with Gasteiger partial charge in [0.15, 0.2) is 12.1 Å². The van der Waals surface area contributed by atoms with Crippen LogP contribution < -0.4 is 4.74 Å². The number of carbonyl (C=O) groups excluding carboxylic acids is 1. The molecule has 1 N–H and O–H groups in total. The van der Waals surface area contributed by atoms with E-state index in [0.29, 0.717) is 12.4 Å². The number of carbonyl (C=O) groups is 2. The van der Waals surface area contributed by atoms with E-state index in [1.807, 2.05) is 6.07 Å². The lowest BCUT2D eigenvalue weighted by molar-refractivity contribution is -0.161. The number of ether oxygens (including phenoxy) is 2. The summed E-state index contributed by atoms with van der Waals surface area (Å²) >= 11 is 3.32. The van der Waals surface area contributed by atoms with E-state index in [9.17, 15) is 9.59 Å². The van der Waals surface area contributed by atoms with Gasteiger partial charge in [-0.15, -0.1) is 0 Å². The van der Waals surface area contributed by atoms with Crippen molar-refractivity contribution in [2.75, 3.05) is 19.8 Å². The Labute approximate surface area is 130 Å². The average Bonchev–Trinajstić information content (AvgIpc) is 2.46. The highest BCUT2D eigenvalue weighted by Crippen LogP contribution is 2.20. The van der Waals surface area contributed by atoms with Crippen molar-refractivity contribution in [2.45, 2.75) is 19.1 Å². The molecule has 114 valence electrons. The SMILES string of the molecule is CC(Oc1cccc(Br)c1)C(=O)N1CCOCC1C(=O)O. The molecule has 7 heteroatoms. The van der Waals surface area contributed by atoms with Gasteiger partial charge in [-0.25, -0.2) is 4.79 Å². The number of carboxylic acid groups (broad SMARTS) is 1. The first kappa shape index (κ1) is 15.8. The maximum Gasteiger partial charge on any atom is 0.328 e. The van der Waals surface area contributed by atoms with Crippen molar-refractivity contribution in [1.29, 1.82) is 0 Å². The number of nitrogens with zero attached hydrogens (tertiary/aromatic N) is 1. The normalized spacial score (nSPS) is 19.9. The second-order valence-electron chi connectivity index (χ2n) is 4.68. The van der Waals surface area contributed by atoms with Crippen LogP contribution in [0.15, 0.2) is 28.7 Å². The lowest BCUT2D eigenvalue weighted by atomic mass is 10.2. The zero-order chi connectivity index (χ0) is 15.4. The van der Waals surface area contributed by atoms with Crippen LogP contribution in [0.1, 0.15) is 6.92 Å². The average molecular weight is 358 g/mol. The predicted octanol–water partition coefficient (Wildman–Crippen LogP) is 1.53. The Balaban J connectivity index is 2.05. The summed E-state index contributed by atoms with van der Waals surface area (Å²) in [6, 6.07) is 6.17. The summed E-state index contributed by atoms with van der Waals surface area (Å²) < 4.78 is 11.5. The highest BCUT2D eigenvalue weighted by Gasteiger charge is 2.35. The molecule has 0 aromatic heterocycles. The number of hydrogen-bond acceptors (Lipinski definition) is 4. The lowest BCUT2D eigenvalue weighted by Crippen LogP contribution is -2.55. The molecule has 1 saturated heterocycles. The molecule has 1 heterocycles. The second kappa shape index (κ2) is 6.91. The van der Waals surface area contributed by atoms with Crippen LogP contribution >= 0.6 is 15.9 Å². The molecule has 0 bridgehead atoms. The van der Waals surface area contributed by atoms with Crippen LogP contribution in [0, 0.1) is 0 Å². The molecule has 6 nitrogen and oxygen atoms in total. The van der Waals surface area contributed by atoms with Crippen LogP contribution in [0.2, 0.25) is 0 Å². The highest BCUT2D eigenvalue weighted by atomic mass is 79.9. The van der Waals surface area contributed by atoms with Crippen molar-refractivity contribution in [3.8, 4) is 5.75 Å². The molecule has 0 spiro atoms. The molecule has 1 fully saturated rings. The number of amides is 1. The van der Waals surface area contributed by atoms with Gasteiger partial charge in [-0.1, -0.05) is 22.0 Å². The lowest BCUT2D eigenvalue weighted by Gasteiger charge is -2.34. The Morgan fingerprint density at radius 3 is 2.95 bits per heavy atom. The zero-order valence-corrected chi connectivity index (χ0v) is 13.1. The van der Waals surface area contributed by atoms with Gasteiger partial charge in [-0.3, -0.25) is 4.79 Å². The third-order valence-corrected chi connectivity index (χ3v) is 3.65. The number of benzene rings is 1. The molecule has 0 aliphatic carbocycles. The van der Waals surface area contributed by atoms with Gasteiger partial charge in [0.25, 0.3) is 5.91 Å². The van der Waals surface area contributed by atoms with Gasteiger partial charge in [0.1, 0.15) is 5.75 Å². The molecule has 1 aromatic carbocycles. The molecule has 1 aliphatic heterocycles. The van der Waals surface area contributed by atoms with Gasteiger partial charge in [-0.05, 0) is 25.1 Å². The monoisotopic (exact) mass is 357 g/mol. The Morgan fingerprint density at radius 1 is 1.52 bits per heavy atom. The van der Waals surface area contributed by atoms with Gasteiger partial charge in [0.2, 0.25) is 0 Å². The molecule has 1 aliphatic rings. The smallest absolute Gasteiger partial charge is 0.328 e. The quantitative estimate of drug-likeness (QED) is 0.884. The fraction of sp³-hybridized carbons (Fsp3) is 0.429. The topological polar surface area (TPSA) is 76.1 Å². The van der Waals surface area contributed by atoms with Crippen LogP contribution in [0.4, 0.5) is 0 Å². The number of carboxylic acids is 1. The molecule has 0 radical (unpaired) electrons. The first-order chi connectivity index (χ1) is 9.99. The van der Waals surface area contributed by atoms with Crippen molar-refractivity contribution in [3.05, 3.63) is 28.7 Å². The Morgan fingerprint density at radius 2 is 2.29 bits per heavy atom. The molecule has 2 unspecified atom stereocenters. The van der Waals surface area contributed by atoms with Crippen molar-refractivity contribution >= 4 is 27.8 Å². The summed E-state index contributed by atoms with van der Waals surface area (Å²) in [5, 5.41) is 9.14. The molecule has 21 heavy (non-hydrogen) atoms. The van der Waals surface area contributed by atoms with Gasteiger partial charge >= 0.3 is 5.97 Å². The van der Waals surface area contributed by atoms with E-state index in [-0.39, 0.29) is 19.1 Å². The number of aliphatic carboxylic acids is 1. The number of halogens is 1. The van der Waals surface area contributed by atoms with E-state index in [1.54, 1.807) is 25.1 Å². The van der Waals surface area contributed by atoms with Crippen molar-refractivity contribution in [1.82, 2.24) is 4.90 Å². The maximum atomic E-state index is 12.4. The zero-order valence-electron chi connectivity index (χ0n) is 11.5. The summed E-state index contributed by atoms with van der Waals surface area (Å²) in [6.07, 6.45) is -0.765. The number of hydrogen-bond donors (Lipinski definition) is 1. The molecule has 2 rings (SSSR count). The van der Waals surface area contributed by atoms with E-state index in [0.717, 1.165) is 4.47 Å². The van der Waals surface area contributed by atoms with E-state index in [2.05, 4.69) is 15.9 Å². The third kappa shape index (κ3) is 3.95. The first-order valence-corrected chi connectivity index (χ1v) is 7.31. The second-order valence-corrected chi connectivity index (χ2v) is 5.59. The van der Waals surface area contributed by atoms with Gasteiger partial charge < -0.3 is 19.5 Å². The highest BCUT2D eigenvalue weighted by molar-refractivity contribution is 9.10. The summed E-state index contributed by atoms with van der Waals surface area (Å²) in [7, 11) is 0. The third-order valence-electron chi connectivity index (χ3n) is 3.15. The van der Waals surface area contributed by atoms with E-state index < -0.39 is 18.1 Å². The summed E-state index contributed by atoms with van der Waals surface area (Å²) in [6.45, 7) is 2.20. The molecule has 1 amide bonds. The summed E-state index contributed by atoms with van der Waals surface area (Å²) in [5.41, 5.74) is 0. The van der Waals surface area contributed by atoms with Crippen LogP contribution in [0.5, 0.6) is 5.75 Å². The van der Waals surface area contributed by atoms with Gasteiger partial charge in [0, 0.05) is 11.0 Å². The van der Waals surface area contributed by atoms with E-state index in [1.165, 1.54) is 4.90 Å². The van der Waals surface area contributed by atoms with Gasteiger partial charge in [0.05, 0.1) is 13.2 Å². The van der Waals surface area contributed by atoms with Crippen LogP contribution in [-0.4, -0.2) is 53.8 Å². The van der Waals surface area contributed by atoms with Crippen molar-refractivity contribution in [2.24, 2.45) is 0 Å². The summed E-state index contributed by atoms with van der Waals surface area (Å²) in [5.74, 6) is -0.881. The van der Waals surface area contributed by atoms with Crippen LogP contribution in [0.25, 0.3) is 0 Å². The van der Waals surface area contributed by atoms with Crippen molar-refractivity contribution in [3.63, 3.8) is 0 Å². The van der Waals surface area contributed by atoms with E-state index >= 15 is 0 Å². The fourth-order valence-corrected chi connectivity index (χ4v) is 2.48. The molecule has 0 saturated carbocycles. The minimum atomic E-state index is -1.07. The fourth-order valence-electron chi connectivity index (χ4n) is 2.10. The van der Waals surface area contributed by atoms with E-state index in [4.69, 9.17) is 14.6 Å².